The van der Waals surface area contributed by atoms with Crippen LogP contribution in [0.1, 0.15) is 34.1 Å². The van der Waals surface area contributed by atoms with Gasteiger partial charge in [0.25, 0.3) is 0 Å². The highest BCUT2D eigenvalue weighted by atomic mass is 16.3. The van der Waals surface area contributed by atoms with Gasteiger partial charge >= 0.3 is 0 Å². The van der Waals surface area contributed by atoms with E-state index in [1.54, 1.807) is 0 Å². The van der Waals surface area contributed by atoms with Crippen LogP contribution in [0.25, 0.3) is 0 Å². The lowest BCUT2D eigenvalue weighted by molar-refractivity contribution is 0.206. The number of hydrogen-bond acceptors (Lipinski definition) is 2. The Morgan fingerprint density at radius 2 is 1.83 bits per heavy atom. The zero-order valence-electron chi connectivity index (χ0n) is 8.80. The van der Waals surface area contributed by atoms with Crippen molar-refractivity contribution >= 4 is 0 Å². The Hall–Kier alpha value is -0.0800. The van der Waals surface area contributed by atoms with E-state index in [0.717, 1.165) is 6.54 Å². The Labute approximate surface area is 76.4 Å². The molecule has 0 fully saturated rings. The third-order valence-electron chi connectivity index (χ3n) is 2.43. The molecule has 2 atom stereocenters. The van der Waals surface area contributed by atoms with Crippen LogP contribution in [0.15, 0.2) is 0 Å². The van der Waals surface area contributed by atoms with Crippen LogP contribution >= 0.6 is 0 Å². The second kappa shape index (κ2) is 6.44. The Balaban J connectivity index is 3.58. The summed E-state index contributed by atoms with van der Waals surface area (Å²) in [5.41, 5.74) is 0. The third kappa shape index (κ3) is 4.73. The van der Waals surface area contributed by atoms with E-state index in [-0.39, 0.29) is 12.6 Å². The molecule has 0 bridgehead atoms. The molecule has 0 radical (unpaired) electrons. The molecule has 2 nitrogen and oxygen atoms in total. The van der Waals surface area contributed by atoms with Crippen molar-refractivity contribution in [2.45, 2.75) is 40.2 Å². The first-order chi connectivity index (χ1) is 5.61. The molecular formula is C10H23NO. The molecule has 12 heavy (non-hydrogen) atoms. The van der Waals surface area contributed by atoms with Crippen molar-refractivity contribution in [3.63, 3.8) is 0 Å². The van der Waals surface area contributed by atoms with Gasteiger partial charge in [0, 0.05) is 6.04 Å². The van der Waals surface area contributed by atoms with E-state index in [4.69, 9.17) is 5.11 Å². The number of aliphatic hydroxyl groups is 1. The third-order valence-corrected chi connectivity index (χ3v) is 2.43. The van der Waals surface area contributed by atoms with Gasteiger partial charge in [-0.25, -0.2) is 0 Å². The average Bonchev–Trinajstić information content (AvgIpc) is 2.04. The normalized spacial score (nSPS) is 16.5. The Bertz CT molecular complexity index is 104. The van der Waals surface area contributed by atoms with E-state index in [0.29, 0.717) is 11.8 Å². The van der Waals surface area contributed by atoms with Gasteiger partial charge in [0.1, 0.15) is 0 Å². The predicted molar refractivity (Wildman–Crippen MR) is 53.2 cm³/mol. The van der Waals surface area contributed by atoms with Gasteiger partial charge in [0.2, 0.25) is 0 Å². The summed E-state index contributed by atoms with van der Waals surface area (Å²) in [6, 6.07) is 0.263. The fourth-order valence-corrected chi connectivity index (χ4v) is 1.01. The maximum Gasteiger partial charge on any atom is 0.0587 e. The van der Waals surface area contributed by atoms with Crippen LogP contribution in [0.5, 0.6) is 0 Å². The van der Waals surface area contributed by atoms with Crippen LogP contribution < -0.4 is 5.32 Å². The van der Waals surface area contributed by atoms with E-state index in [9.17, 15) is 0 Å². The van der Waals surface area contributed by atoms with E-state index >= 15 is 0 Å². The topological polar surface area (TPSA) is 32.3 Å². The molecule has 0 aromatic rings. The largest absolute Gasteiger partial charge is 0.395 e. The molecule has 0 aromatic heterocycles. The summed E-state index contributed by atoms with van der Waals surface area (Å²) in [5.74, 6) is 1.22. The lowest BCUT2D eigenvalue weighted by Gasteiger charge is -2.21. The van der Waals surface area contributed by atoms with Crippen LogP contribution in [-0.4, -0.2) is 24.3 Å². The molecule has 0 saturated heterocycles. The van der Waals surface area contributed by atoms with Gasteiger partial charge < -0.3 is 10.4 Å². The van der Waals surface area contributed by atoms with Crippen LogP contribution in [-0.2, 0) is 0 Å². The first-order valence-electron chi connectivity index (χ1n) is 4.96. The highest BCUT2D eigenvalue weighted by molar-refractivity contribution is 4.70. The molecule has 0 rings (SSSR count). The number of hydrogen-bond donors (Lipinski definition) is 2. The first-order valence-corrected chi connectivity index (χ1v) is 4.96. The van der Waals surface area contributed by atoms with E-state index in [2.05, 4.69) is 33.0 Å². The Morgan fingerprint density at radius 1 is 1.25 bits per heavy atom. The smallest absolute Gasteiger partial charge is 0.0587 e. The Morgan fingerprint density at radius 3 is 2.17 bits per heavy atom. The van der Waals surface area contributed by atoms with Gasteiger partial charge in [-0.2, -0.15) is 0 Å². The van der Waals surface area contributed by atoms with Crippen LogP contribution in [0.4, 0.5) is 0 Å². The molecule has 0 aliphatic rings. The molecule has 0 aliphatic carbocycles. The average molecular weight is 173 g/mol. The molecule has 1 unspecified atom stereocenters. The maximum atomic E-state index is 9.02. The van der Waals surface area contributed by atoms with Gasteiger partial charge in [-0.3, -0.25) is 0 Å². The predicted octanol–water partition coefficient (Wildman–Crippen LogP) is 1.64. The number of rotatable bonds is 6. The minimum absolute atomic E-state index is 0.244. The molecular weight excluding hydrogens is 150 g/mol. The van der Waals surface area contributed by atoms with Gasteiger partial charge in [0.15, 0.2) is 0 Å². The molecule has 0 heterocycles. The molecule has 2 heteroatoms. The summed E-state index contributed by atoms with van der Waals surface area (Å²) in [4.78, 5) is 0. The monoisotopic (exact) mass is 173 g/mol. The van der Waals surface area contributed by atoms with Gasteiger partial charge in [0.05, 0.1) is 6.61 Å². The van der Waals surface area contributed by atoms with Crippen molar-refractivity contribution in [2.75, 3.05) is 13.2 Å². The zero-order chi connectivity index (χ0) is 9.56. The van der Waals surface area contributed by atoms with Crippen molar-refractivity contribution in [3.05, 3.63) is 0 Å². The number of nitrogens with one attached hydrogen (secondary N) is 1. The minimum Gasteiger partial charge on any atom is -0.395 e. The summed E-state index contributed by atoms with van der Waals surface area (Å²) in [6.07, 6.45) is 1.20. The maximum absolute atomic E-state index is 9.02. The second-order valence-electron chi connectivity index (χ2n) is 3.95. The van der Waals surface area contributed by atoms with Gasteiger partial charge in [-0.15, -0.1) is 0 Å². The second-order valence-corrected chi connectivity index (χ2v) is 3.95. The fourth-order valence-electron chi connectivity index (χ4n) is 1.01. The van der Waals surface area contributed by atoms with Crippen LogP contribution in [0.3, 0.4) is 0 Å². The summed E-state index contributed by atoms with van der Waals surface area (Å²) < 4.78 is 0. The molecule has 2 N–H and O–H groups in total. The minimum atomic E-state index is 0.244. The summed E-state index contributed by atoms with van der Waals surface area (Å²) in [5, 5.41) is 12.4. The molecule has 74 valence electrons. The quantitative estimate of drug-likeness (QED) is 0.640. The molecule has 0 saturated carbocycles. The lowest BCUT2D eigenvalue weighted by Crippen LogP contribution is -2.39. The zero-order valence-corrected chi connectivity index (χ0v) is 8.80. The molecule has 0 aromatic carbocycles. The van der Waals surface area contributed by atoms with Gasteiger partial charge in [-0.05, 0) is 18.4 Å². The van der Waals surface area contributed by atoms with Crippen LogP contribution in [0.2, 0.25) is 0 Å². The SMILES string of the molecule is CCC(C)CN[C@H](CO)C(C)C. The summed E-state index contributed by atoms with van der Waals surface area (Å²) in [7, 11) is 0. The van der Waals surface area contributed by atoms with Gasteiger partial charge in [-0.1, -0.05) is 34.1 Å². The number of aliphatic hydroxyl groups excluding tert-OH is 1. The lowest BCUT2D eigenvalue weighted by atomic mass is 10.0. The molecule has 0 spiro atoms. The van der Waals surface area contributed by atoms with E-state index in [1.807, 2.05) is 0 Å². The summed E-state index contributed by atoms with van der Waals surface area (Å²) >= 11 is 0. The first kappa shape index (κ1) is 11.9. The van der Waals surface area contributed by atoms with Crippen molar-refractivity contribution in [1.82, 2.24) is 5.32 Å². The molecule has 0 amide bonds. The fraction of sp³-hybridized carbons (Fsp3) is 1.00. The van der Waals surface area contributed by atoms with E-state index < -0.39 is 0 Å². The summed E-state index contributed by atoms with van der Waals surface area (Å²) in [6.45, 7) is 9.93. The highest BCUT2D eigenvalue weighted by Gasteiger charge is 2.11. The van der Waals surface area contributed by atoms with Crippen molar-refractivity contribution in [3.8, 4) is 0 Å². The highest BCUT2D eigenvalue weighted by Crippen LogP contribution is 2.03. The van der Waals surface area contributed by atoms with Crippen molar-refractivity contribution in [2.24, 2.45) is 11.8 Å². The van der Waals surface area contributed by atoms with Crippen LogP contribution in [0, 0.1) is 11.8 Å². The standard InChI is InChI=1S/C10H23NO/c1-5-9(4)6-11-10(7-12)8(2)3/h8-12H,5-7H2,1-4H3/t9?,10-/m1/s1. The van der Waals surface area contributed by atoms with Crippen molar-refractivity contribution in [1.29, 1.82) is 0 Å². The molecule has 0 aliphatic heterocycles. The Kier molecular flexibility index (Phi) is 6.39. The van der Waals surface area contributed by atoms with E-state index in [1.165, 1.54) is 6.42 Å². The van der Waals surface area contributed by atoms with Crippen molar-refractivity contribution < 1.29 is 5.11 Å².